The first-order valence-corrected chi connectivity index (χ1v) is 9.27. The summed E-state index contributed by atoms with van der Waals surface area (Å²) in [5.41, 5.74) is 4.79. The summed E-state index contributed by atoms with van der Waals surface area (Å²) in [5.74, 6) is 1.51. The van der Waals surface area contributed by atoms with E-state index < -0.39 is 0 Å². The van der Waals surface area contributed by atoms with Gasteiger partial charge in [-0.15, -0.1) is 5.10 Å². The van der Waals surface area contributed by atoms with Crippen molar-refractivity contribution in [1.29, 1.82) is 0 Å². The molecule has 5 aromatic rings. The molecule has 0 amide bonds. The minimum absolute atomic E-state index is 0.312. The predicted octanol–water partition coefficient (Wildman–Crippen LogP) is 4.53. The summed E-state index contributed by atoms with van der Waals surface area (Å²) in [4.78, 5) is 4.40. The van der Waals surface area contributed by atoms with Crippen LogP contribution in [0.2, 0.25) is 0 Å². The highest BCUT2D eigenvalue weighted by Crippen LogP contribution is 2.28. The molecule has 0 N–H and O–H groups in total. The van der Waals surface area contributed by atoms with Crippen LogP contribution in [-0.2, 0) is 6.61 Å². The van der Waals surface area contributed by atoms with Gasteiger partial charge in [-0.05, 0) is 41.5 Å². The Bertz CT molecular complexity index is 1300. The third-order valence-electron chi connectivity index (χ3n) is 4.87. The minimum atomic E-state index is 0.312. The fourth-order valence-electron chi connectivity index (χ4n) is 3.35. The standard InChI is InChI=1S/C23H18N4O2/c1-28-18-7-8-19-20(14-18)24-11-9-23(19)29-15-21-22-13-17(10-12-27(22)26-25-21)16-5-3-2-4-6-16/h2-14H,15H2,1H3. The lowest BCUT2D eigenvalue weighted by Gasteiger charge is -2.09. The van der Waals surface area contributed by atoms with Crippen molar-refractivity contribution in [3.63, 3.8) is 0 Å². The lowest BCUT2D eigenvalue weighted by atomic mass is 10.1. The van der Waals surface area contributed by atoms with E-state index in [2.05, 4.69) is 33.5 Å². The average Bonchev–Trinajstić information content (AvgIpc) is 3.20. The summed E-state index contributed by atoms with van der Waals surface area (Å²) in [7, 11) is 1.64. The first-order chi connectivity index (χ1) is 14.3. The van der Waals surface area contributed by atoms with Crippen LogP contribution in [0, 0.1) is 0 Å². The second-order valence-corrected chi connectivity index (χ2v) is 6.63. The fraction of sp³-hybridized carbons (Fsp3) is 0.0870. The largest absolute Gasteiger partial charge is 0.497 e. The lowest BCUT2D eigenvalue weighted by molar-refractivity contribution is 0.306. The van der Waals surface area contributed by atoms with E-state index in [0.717, 1.165) is 44.7 Å². The highest BCUT2D eigenvalue weighted by molar-refractivity contribution is 5.86. The molecule has 0 aliphatic heterocycles. The Labute approximate surface area is 167 Å². The van der Waals surface area contributed by atoms with Crippen LogP contribution >= 0.6 is 0 Å². The monoisotopic (exact) mass is 382 g/mol. The van der Waals surface area contributed by atoms with Gasteiger partial charge in [0, 0.05) is 23.8 Å². The van der Waals surface area contributed by atoms with E-state index in [0.29, 0.717) is 6.61 Å². The number of benzene rings is 2. The summed E-state index contributed by atoms with van der Waals surface area (Å²) in [6.07, 6.45) is 3.65. The molecule has 0 spiro atoms. The maximum atomic E-state index is 6.09. The van der Waals surface area contributed by atoms with Crippen LogP contribution in [0.15, 0.2) is 79.1 Å². The highest BCUT2D eigenvalue weighted by atomic mass is 16.5. The fourth-order valence-corrected chi connectivity index (χ4v) is 3.35. The van der Waals surface area contributed by atoms with Gasteiger partial charge in [-0.25, -0.2) is 4.52 Å². The van der Waals surface area contributed by atoms with Gasteiger partial charge in [0.25, 0.3) is 0 Å². The Morgan fingerprint density at radius 3 is 2.69 bits per heavy atom. The van der Waals surface area contributed by atoms with Crippen LogP contribution in [-0.4, -0.2) is 26.9 Å². The van der Waals surface area contributed by atoms with Crippen LogP contribution in [0.1, 0.15) is 5.69 Å². The van der Waals surface area contributed by atoms with Gasteiger partial charge < -0.3 is 9.47 Å². The van der Waals surface area contributed by atoms with Crippen LogP contribution in [0.5, 0.6) is 11.5 Å². The quantitative estimate of drug-likeness (QED) is 0.447. The molecule has 0 radical (unpaired) electrons. The zero-order chi connectivity index (χ0) is 19.6. The number of rotatable bonds is 5. The van der Waals surface area contributed by atoms with E-state index in [9.17, 15) is 0 Å². The van der Waals surface area contributed by atoms with Crippen molar-refractivity contribution >= 4 is 16.4 Å². The molecule has 0 bridgehead atoms. The Kier molecular flexibility index (Phi) is 4.29. The van der Waals surface area contributed by atoms with Crippen molar-refractivity contribution in [2.24, 2.45) is 0 Å². The molecular weight excluding hydrogens is 364 g/mol. The number of methoxy groups -OCH3 is 1. The Morgan fingerprint density at radius 2 is 1.83 bits per heavy atom. The first kappa shape index (κ1) is 17.2. The van der Waals surface area contributed by atoms with Crippen molar-refractivity contribution in [2.45, 2.75) is 6.61 Å². The third-order valence-corrected chi connectivity index (χ3v) is 4.87. The molecule has 6 heteroatoms. The second-order valence-electron chi connectivity index (χ2n) is 6.63. The van der Waals surface area contributed by atoms with Gasteiger partial charge in [-0.1, -0.05) is 35.5 Å². The summed E-state index contributed by atoms with van der Waals surface area (Å²) < 4.78 is 13.1. The number of aromatic nitrogens is 4. The second kappa shape index (κ2) is 7.24. The molecule has 0 saturated carbocycles. The SMILES string of the molecule is COc1ccc2c(OCc3nnn4ccc(-c5ccccc5)cc34)ccnc2c1. The van der Waals surface area contributed by atoms with Gasteiger partial charge >= 0.3 is 0 Å². The molecule has 2 aromatic carbocycles. The van der Waals surface area contributed by atoms with E-state index in [1.54, 1.807) is 17.8 Å². The zero-order valence-electron chi connectivity index (χ0n) is 15.8. The van der Waals surface area contributed by atoms with Gasteiger partial charge in [0.05, 0.1) is 18.1 Å². The maximum Gasteiger partial charge on any atom is 0.134 e. The van der Waals surface area contributed by atoms with Crippen molar-refractivity contribution in [3.05, 3.63) is 84.8 Å². The number of nitrogens with zero attached hydrogens (tertiary/aromatic N) is 4. The number of hydrogen-bond donors (Lipinski definition) is 0. The van der Waals surface area contributed by atoms with E-state index in [-0.39, 0.29) is 0 Å². The van der Waals surface area contributed by atoms with Gasteiger partial charge in [0.2, 0.25) is 0 Å². The summed E-state index contributed by atoms with van der Waals surface area (Å²) >= 11 is 0. The third kappa shape index (κ3) is 3.25. The molecule has 0 aliphatic carbocycles. The predicted molar refractivity (Wildman–Crippen MR) is 111 cm³/mol. The molecule has 0 atom stereocenters. The Hall–Kier alpha value is -3.93. The summed E-state index contributed by atoms with van der Waals surface area (Å²) in [6, 6.07) is 22.0. The van der Waals surface area contributed by atoms with Crippen LogP contribution in [0.4, 0.5) is 0 Å². The molecule has 3 heterocycles. The first-order valence-electron chi connectivity index (χ1n) is 9.27. The highest BCUT2D eigenvalue weighted by Gasteiger charge is 2.11. The van der Waals surface area contributed by atoms with Crippen molar-refractivity contribution in [2.75, 3.05) is 7.11 Å². The number of ether oxygens (including phenoxy) is 2. The number of fused-ring (bicyclic) bond motifs is 2. The molecule has 0 unspecified atom stereocenters. The van der Waals surface area contributed by atoms with Crippen LogP contribution in [0.3, 0.4) is 0 Å². The molecule has 3 aromatic heterocycles. The van der Waals surface area contributed by atoms with Gasteiger partial charge in [-0.2, -0.15) is 0 Å². The van der Waals surface area contributed by atoms with Crippen molar-refractivity contribution in [3.8, 4) is 22.6 Å². The molecule has 29 heavy (non-hydrogen) atoms. The minimum Gasteiger partial charge on any atom is -0.497 e. The van der Waals surface area contributed by atoms with E-state index in [1.165, 1.54) is 0 Å². The Balaban J connectivity index is 1.46. The van der Waals surface area contributed by atoms with E-state index in [1.807, 2.05) is 54.7 Å². The van der Waals surface area contributed by atoms with Crippen LogP contribution in [0.25, 0.3) is 27.5 Å². The summed E-state index contributed by atoms with van der Waals surface area (Å²) in [5, 5.41) is 9.44. The van der Waals surface area contributed by atoms with Gasteiger partial charge in [0.1, 0.15) is 23.8 Å². The van der Waals surface area contributed by atoms with Crippen molar-refractivity contribution in [1.82, 2.24) is 19.8 Å². The topological polar surface area (TPSA) is 61.5 Å². The zero-order valence-corrected chi connectivity index (χ0v) is 15.8. The maximum absolute atomic E-state index is 6.09. The molecule has 0 fully saturated rings. The lowest BCUT2D eigenvalue weighted by Crippen LogP contribution is -1.98. The van der Waals surface area contributed by atoms with E-state index in [4.69, 9.17) is 9.47 Å². The normalized spacial score (nSPS) is 11.1. The summed E-state index contributed by atoms with van der Waals surface area (Å²) in [6.45, 7) is 0.312. The molecule has 6 nitrogen and oxygen atoms in total. The van der Waals surface area contributed by atoms with Gasteiger partial charge in [-0.3, -0.25) is 4.98 Å². The number of pyridine rings is 2. The number of hydrogen-bond acceptors (Lipinski definition) is 5. The van der Waals surface area contributed by atoms with Gasteiger partial charge in [0.15, 0.2) is 0 Å². The van der Waals surface area contributed by atoms with Crippen LogP contribution < -0.4 is 9.47 Å². The molecular formula is C23H18N4O2. The van der Waals surface area contributed by atoms with Crippen molar-refractivity contribution < 1.29 is 9.47 Å². The molecule has 142 valence electrons. The average molecular weight is 382 g/mol. The molecule has 0 saturated heterocycles. The Morgan fingerprint density at radius 1 is 0.931 bits per heavy atom. The molecule has 5 rings (SSSR count). The molecule has 0 aliphatic rings. The van der Waals surface area contributed by atoms with E-state index >= 15 is 0 Å². The smallest absolute Gasteiger partial charge is 0.134 e.